The third kappa shape index (κ3) is 5.97. The molecule has 13 nitrogen and oxygen atoms in total. The zero-order chi connectivity index (χ0) is 25.7. The van der Waals surface area contributed by atoms with E-state index >= 15 is 0 Å². The average molecular weight is 500 g/mol. The molecule has 1 saturated heterocycles. The van der Waals surface area contributed by atoms with E-state index in [9.17, 15) is 9.90 Å². The minimum atomic E-state index is -0.549. The van der Waals surface area contributed by atoms with E-state index in [4.69, 9.17) is 19.4 Å². The molecule has 36 heavy (non-hydrogen) atoms. The fraction of sp³-hybridized carbons (Fsp3) is 0.565. The Labute approximate surface area is 209 Å². The molecule has 0 radical (unpaired) electrons. The molecule has 1 amide bonds. The maximum absolute atomic E-state index is 12.5. The summed E-state index contributed by atoms with van der Waals surface area (Å²) >= 11 is 0. The van der Waals surface area contributed by atoms with Gasteiger partial charge in [0.2, 0.25) is 5.95 Å². The normalized spacial score (nSPS) is 14.4. The first-order chi connectivity index (χ1) is 17.3. The van der Waals surface area contributed by atoms with E-state index in [1.807, 2.05) is 32.6 Å². The maximum Gasteiger partial charge on any atom is 0.410 e. The Morgan fingerprint density at radius 1 is 1.19 bits per heavy atom. The number of aliphatic hydroxyl groups is 1. The van der Waals surface area contributed by atoms with Crippen molar-refractivity contribution in [3.8, 4) is 0 Å². The van der Waals surface area contributed by atoms with Gasteiger partial charge in [0, 0.05) is 39.0 Å². The number of fused-ring (bicyclic) bond motifs is 1. The molecule has 0 saturated carbocycles. The molecule has 1 aliphatic heterocycles. The Balaban J connectivity index is 1.65. The second-order valence-corrected chi connectivity index (χ2v) is 9.27. The van der Waals surface area contributed by atoms with Gasteiger partial charge in [-0.15, -0.1) is 0 Å². The Bertz CT molecular complexity index is 1170. The van der Waals surface area contributed by atoms with Crippen LogP contribution in [0.4, 0.5) is 22.4 Å². The van der Waals surface area contributed by atoms with Crippen LogP contribution in [0.5, 0.6) is 0 Å². The second-order valence-electron chi connectivity index (χ2n) is 9.27. The van der Waals surface area contributed by atoms with Crippen molar-refractivity contribution >= 4 is 34.7 Å². The number of nitrogens with one attached hydrogen (secondary N) is 1. The van der Waals surface area contributed by atoms with Crippen LogP contribution in [-0.2, 0) is 22.6 Å². The molecule has 0 unspecified atom stereocenters. The van der Waals surface area contributed by atoms with Crippen LogP contribution in [0.15, 0.2) is 18.6 Å². The number of carbonyl (C=O) groups excluding carboxylic acids is 1. The summed E-state index contributed by atoms with van der Waals surface area (Å²) in [6, 6.07) is 1.74. The van der Waals surface area contributed by atoms with Crippen molar-refractivity contribution in [2.24, 2.45) is 0 Å². The van der Waals surface area contributed by atoms with Crippen LogP contribution >= 0.6 is 0 Å². The van der Waals surface area contributed by atoms with Crippen LogP contribution in [0.3, 0.4) is 0 Å². The van der Waals surface area contributed by atoms with Gasteiger partial charge in [0.05, 0.1) is 19.8 Å². The third-order valence-electron chi connectivity index (χ3n) is 5.49. The predicted octanol–water partition coefficient (Wildman–Crippen LogP) is 1.95. The molecule has 13 heteroatoms. The molecule has 4 heterocycles. The SMILES string of the molecule is CCOCCn1nc(CO)c2nc(N3CCN(C(=O)OC(C)(C)C)CC3)nc(Nc3ccncn3)c21. The molecule has 4 rings (SSSR count). The Kier molecular flexibility index (Phi) is 7.79. The van der Waals surface area contributed by atoms with Crippen LogP contribution < -0.4 is 10.2 Å². The fourth-order valence-electron chi connectivity index (χ4n) is 3.83. The summed E-state index contributed by atoms with van der Waals surface area (Å²) in [5.41, 5.74) is 1.09. The predicted molar refractivity (Wildman–Crippen MR) is 133 cm³/mol. The third-order valence-corrected chi connectivity index (χ3v) is 5.49. The maximum atomic E-state index is 12.5. The molecule has 3 aromatic heterocycles. The molecule has 1 aliphatic rings. The summed E-state index contributed by atoms with van der Waals surface area (Å²) in [4.78, 5) is 34.0. The van der Waals surface area contributed by atoms with Crippen molar-refractivity contribution in [3.05, 3.63) is 24.3 Å². The minimum absolute atomic E-state index is 0.270. The highest BCUT2D eigenvalue weighted by atomic mass is 16.6. The molecule has 0 aliphatic carbocycles. The topological polar surface area (TPSA) is 144 Å². The lowest BCUT2D eigenvalue weighted by molar-refractivity contribution is 0.0240. The van der Waals surface area contributed by atoms with Crippen molar-refractivity contribution in [3.63, 3.8) is 0 Å². The summed E-state index contributed by atoms with van der Waals surface area (Å²) in [5, 5.41) is 17.8. The molecular formula is C23H33N9O4. The fourth-order valence-corrected chi connectivity index (χ4v) is 3.83. The van der Waals surface area contributed by atoms with Crippen molar-refractivity contribution in [2.45, 2.75) is 46.4 Å². The van der Waals surface area contributed by atoms with E-state index in [2.05, 4.69) is 20.4 Å². The quantitative estimate of drug-likeness (QED) is 0.439. The van der Waals surface area contributed by atoms with Gasteiger partial charge in [0.15, 0.2) is 5.82 Å². The van der Waals surface area contributed by atoms with Crippen LogP contribution in [0.25, 0.3) is 11.0 Å². The van der Waals surface area contributed by atoms with Gasteiger partial charge in [-0.1, -0.05) is 0 Å². The smallest absolute Gasteiger partial charge is 0.410 e. The first-order valence-electron chi connectivity index (χ1n) is 12.0. The van der Waals surface area contributed by atoms with E-state index in [0.29, 0.717) is 80.2 Å². The lowest BCUT2D eigenvalue weighted by Gasteiger charge is -2.35. The molecule has 0 atom stereocenters. The number of amides is 1. The summed E-state index contributed by atoms with van der Waals surface area (Å²) in [6.45, 7) is 10.8. The summed E-state index contributed by atoms with van der Waals surface area (Å²) in [6.07, 6.45) is 2.75. The van der Waals surface area contributed by atoms with Crippen LogP contribution in [0, 0.1) is 0 Å². The molecule has 1 fully saturated rings. The standard InChI is InChI=1S/C23H33N9O4/c1-5-35-13-12-32-19-18(16(14-33)29-32)27-21(28-20(19)26-17-6-7-24-15-25-17)30-8-10-31(11-9-30)22(34)36-23(2,3)4/h6-7,15,33H,5,8-14H2,1-4H3,(H,24,25,26,27,28). The van der Waals surface area contributed by atoms with Gasteiger partial charge in [0.1, 0.15) is 34.5 Å². The summed E-state index contributed by atoms with van der Waals surface area (Å²) in [7, 11) is 0. The van der Waals surface area contributed by atoms with Gasteiger partial charge in [-0.25, -0.2) is 19.7 Å². The molecule has 3 aromatic rings. The zero-order valence-corrected chi connectivity index (χ0v) is 21.1. The zero-order valence-electron chi connectivity index (χ0n) is 21.1. The first kappa shape index (κ1) is 25.5. The van der Waals surface area contributed by atoms with E-state index in [0.717, 1.165) is 0 Å². The molecule has 194 valence electrons. The van der Waals surface area contributed by atoms with Gasteiger partial charge >= 0.3 is 6.09 Å². The number of hydrogen-bond acceptors (Lipinski definition) is 11. The van der Waals surface area contributed by atoms with Crippen molar-refractivity contribution in [1.82, 2.24) is 34.6 Å². The Hall–Kier alpha value is -3.58. The van der Waals surface area contributed by atoms with Gasteiger partial charge in [-0.3, -0.25) is 4.68 Å². The van der Waals surface area contributed by atoms with E-state index in [1.165, 1.54) is 6.33 Å². The summed E-state index contributed by atoms with van der Waals surface area (Å²) < 4.78 is 12.8. The van der Waals surface area contributed by atoms with Gasteiger partial charge < -0.3 is 29.7 Å². The van der Waals surface area contributed by atoms with Crippen LogP contribution in [0.2, 0.25) is 0 Å². The lowest BCUT2D eigenvalue weighted by Crippen LogP contribution is -2.50. The minimum Gasteiger partial charge on any atom is -0.444 e. The number of nitrogens with zero attached hydrogens (tertiary/aromatic N) is 8. The van der Waals surface area contributed by atoms with E-state index < -0.39 is 5.60 Å². The molecule has 0 aromatic carbocycles. The molecule has 2 N–H and O–H groups in total. The van der Waals surface area contributed by atoms with E-state index in [1.54, 1.807) is 21.8 Å². The van der Waals surface area contributed by atoms with Gasteiger partial charge in [-0.05, 0) is 33.8 Å². The monoisotopic (exact) mass is 499 g/mol. The number of anilines is 3. The van der Waals surface area contributed by atoms with Crippen molar-refractivity contribution in [2.75, 3.05) is 49.6 Å². The highest BCUT2D eigenvalue weighted by molar-refractivity contribution is 5.90. The number of hydrogen-bond donors (Lipinski definition) is 2. The number of carbonyl (C=O) groups is 1. The van der Waals surface area contributed by atoms with Crippen molar-refractivity contribution in [1.29, 1.82) is 0 Å². The number of aliphatic hydroxyl groups excluding tert-OH is 1. The molecule has 0 spiro atoms. The number of aromatic nitrogens is 6. The number of ether oxygens (including phenoxy) is 2. The highest BCUT2D eigenvalue weighted by Crippen LogP contribution is 2.29. The summed E-state index contributed by atoms with van der Waals surface area (Å²) in [5.74, 6) is 1.54. The largest absolute Gasteiger partial charge is 0.444 e. The lowest BCUT2D eigenvalue weighted by atomic mass is 10.2. The Morgan fingerprint density at radius 2 is 1.97 bits per heavy atom. The molecule has 0 bridgehead atoms. The Morgan fingerprint density at radius 3 is 2.61 bits per heavy atom. The van der Waals surface area contributed by atoms with Crippen molar-refractivity contribution < 1.29 is 19.4 Å². The molecular weight excluding hydrogens is 466 g/mol. The number of rotatable bonds is 8. The van der Waals surface area contributed by atoms with E-state index in [-0.39, 0.29) is 12.7 Å². The first-order valence-corrected chi connectivity index (χ1v) is 12.0. The number of piperazine rings is 1. The van der Waals surface area contributed by atoms with Gasteiger partial charge in [-0.2, -0.15) is 10.1 Å². The van der Waals surface area contributed by atoms with Crippen LogP contribution in [0.1, 0.15) is 33.4 Å². The average Bonchev–Trinajstić information content (AvgIpc) is 3.22. The highest BCUT2D eigenvalue weighted by Gasteiger charge is 2.28. The second kappa shape index (κ2) is 11.0. The van der Waals surface area contributed by atoms with Gasteiger partial charge in [0.25, 0.3) is 0 Å². The van der Waals surface area contributed by atoms with Crippen LogP contribution in [-0.4, -0.2) is 90.8 Å².